The zero-order valence-corrected chi connectivity index (χ0v) is 12.7. The van der Waals surface area contributed by atoms with Crippen LogP contribution in [0.2, 0.25) is 0 Å². The highest BCUT2D eigenvalue weighted by molar-refractivity contribution is 7.89. The average molecular weight is 339 g/mol. The summed E-state index contributed by atoms with van der Waals surface area (Å²) in [5.41, 5.74) is 0.596. The van der Waals surface area contributed by atoms with Crippen molar-refractivity contribution in [3.8, 4) is 5.75 Å². The first-order valence-corrected chi connectivity index (χ1v) is 8.04. The number of benzene rings is 2. The molecule has 0 aliphatic heterocycles. The van der Waals surface area contributed by atoms with Crippen LogP contribution in [0.5, 0.6) is 5.75 Å². The maximum Gasteiger partial charge on any atom is 0.341 e. The fourth-order valence-corrected chi connectivity index (χ4v) is 2.78. The number of carboxylic acid groups (broad SMARTS) is 1. The zero-order valence-electron chi connectivity index (χ0n) is 11.9. The normalized spacial score (nSPS) is 11.2. The molecule has 2 aromatic carbocycles. The van der Waals surface area contributed by atoms with E-state index in [1.807, 2.05) is 0 Å². The highest BCUT2D eigenvalue weighted by atomic mass is 32.2. The molecule has 8 heteroatoms. The first-order valence-electron chi connectivity index (χ1n) is 6.55. The molecule has 2 aromatic rings. The SMILES string of the molecule is O=C(O)COc1cccc(CNS(=O)(=O)c2ccc(F)cc2)c1. The molecule has 0 unspecified atom stereocenters. The number of halogens is 1. The predicted octanol–water partition coefficient (Wildman–Crippen LogP) is 1.77. The van der Waals surface area contributed by atoms with Gasteiger partial charge < -0.3 is 9.84 Å². The van der Waals surface area contributed by atoms with E-state index in [1.54, 1.807) is 18.2 Å². The fraction of sp³-hybridized carbons (Fsp3) is 0.133. The first-order chi connectivity index (χ1) is 10.9. The minimum Gasteiger partial charge on any atom is -0.482 e. The molecule has 122 valence electrons. The number of aliphatic carboxylic acids is 1. The van der Waals surface area contributed by atoms with E-state index in [2.05, 4.69) is 4.72 Å². The molecule has 0 saturated carbocycles. The van der Waals surface area contributed by atoms with E-state index in [-0.39, 0.29) is 11.4 Å². The van der Waals surface area contributed by atoms with E-state index >= 15 is 0 Å². The van der Waals surface area contributed by atoms with Gasteiger partial charge in [0, 0.05) is 6.54 Å². The lowest BCUT2D eigenvalue weighted by atomic mass is 10.2. The molecule has 0 radical (unpaired) electrons. The maximum atomic E-state index is 12.8. The van der Waals surface area contributed by atoms with Crippen LogP contribution in [-0.2, 0) is 21.4 Å². The van der Waals surface area contributed by atoms with Crippen LogP contribution in [0, 0.1) is 5.82 Å². The minimum absolute atomic E-state index is 0.00994. The highest BCUT2D eigenvalue weighted by Gasteiger charge is 2.13. The van der Waals surface area contributed by atoms with Crippen molar-refractivity contribution in [2.24, 2.45) is 0 Å². The average Bonchev–Trinajstić information content (AvgIpc) is 2.52. The van der Waals surface area contributed by atoms with Gasteiger partial charge in [0.2, 0.25) is 10.0 Å². The van der Waals surface area contributed by atoms with E-state index < -0.39 is 28.4 Å². The van der Waals surface area contributed by atoms with Crippen LogP contribution < -0.4 is 9.46 Å². The summed E-state index contributed by atoms with van der Waals surface area (Å²) in [5, 5.41) is 8.56. The quantitative estimate of drug-likeness (QED) is 0.802. The molecule has 0 saturated heterocycles. The van der Waals surface area contributed by atoms with Crippen molar-refractivity contribution < 1.29 is 27.4 Å². The lowest BCUT2D eigenvalue weighted by molar-refractivity contribution is -0.139. The van der Waals surface area contributed by atoms with Gasteiger partial charge in [-0.25, -0.2) is 22.3 Å². The van der Waals surface area contributed by atoms with E-state index in [4.69, 9.17) is 9.84 Å². The number of hydrogen-bond donors (Lipinski definition) is 2. The third-order valence-corrected chi connectivity index (χ3v) is 4.27. The summed E-state index contributed by atoms with van der Waals surface area (Å²) >= 11 is 0. The molecule has 0 fully saturated rings. The number of sulfonamides is 1. The van der Waals surface area contributed by atoms with Crippen molar-refractivity contribution in [3.63, 3.8) is 0 Å². The number of carbonyl (C=O) groups is 1. The molecule has 0 atom stereocenters. The molecular formula is C15H14FNO5S. The molecule has 23 heavy (non-hydrogen) atoms. The predicted molar refractivity (Wildman–Crippen MR) is 80.0 cm³/mol. The van der Waals surface area contributed by atoms with Gasteiger partial charge in [-0.3, -0.25) is 0 Å². The Balaban J connectivity index is 2.03. The molecular weight excluding hydrogens is 325 g/mol. The molecule has 0 aromatic heterocycles. The van der Waals surface area contributed by atoms with Gasteiger partial charge >= 0.3 is 5.97 Å². The van der Waals surface area contributed by atoms with Crippen molar-refractivity contribution in [1.29, 1.82) is 0 Å². The second kappa shape index (κ2) is 7.21. The molecule has 6 nitrogen and oxygen atoms in total. The molecule has 0 bridgehead atoms. The van der Waals surface area contributed by atoms with Crippen LogP contribution in [0.15, 0.2) is 53.4 Å². The maximum absolute atomic E-state index is 12.8. The van der Waals surface area contributed by atoms with Crippen molar-refractivity contribution in [2.45, 2.75) is 11.4 Å². The minimum atomic E-state index is -3.77. The Labute approximate surface area is 132 Å². The van der Waals surface area contributed by atoms with Gasteiger partial charge in [0.1, 0.15) is 11.6 Å². The van der Waals surface area contributed by atoms with Gasteiger partial charge in [-0.2, -0.15) is 0 Å². The van der Waals surface area contributed by atoms with Gasteiger partial charge in [0.25, 0.3) is 0 Å². The van der Waals surface area contributed by atoms with E-state index in [9.17, 15) is 17.6 Å². The number of rotatable bonds is 7. The van der Waals surface area contributed by atoms with Crippen LogP contribution in [-0.4, -0.2) is 26.1 Å². The third-order valence-electron chi connectivity index (χ3n) is 2.85. The van der Waals surface area contributed by atoms with Gasteiger partial charge in [-0.15, -0.1) is 0 Å². The number of carboxylic acids is 1. The van der Waals surface area contributed by atoms with E-state index in [0.717, 1.165) is 12.1 Å². The smallest absolute Gasteiger partial charge is 0.341 e. The Morgan fingerprint density at radius 1 is 1.17 bits per heavy atom. The summed E-state index contributed by atoms with van der Waals surface area (Å²) in [4.78, 5) is 10.4. The largest absolute Gasteiger partial charge is 0.482 e. The van der Waals surface area contributed by atoms with Gasteiger partial charge in [0.05, 0.1) is 4.90 Å². The molecule has 2 rings (SSSR count). The Morgan fingerprint density at radius 2 is 1.87 bits per heavy atom. The summed E-state index contributed by atoms with van der Waals surface area (Å²) in [6.07, 6.45) is 0. The number of nitrogens with one attached hydrogen (secondary N) is 1. The second-order valence-electron chi connectivity index (χ2n) is 4.61. The molecule has 0 aliphatic rings. The zero-order chi connectivity index (χ0) is 16.9. The Hall–Kier alpha value is -2.45. The first kappa shape index (κ1) is 16.9. The lowest BCUT2D eigenvalue weighted by Gasteiger charge is -2.08. The second-order valence-corrected chi connectivity index (χ2v) is 6.38. The van der Waals surface area contributed by atoms with Crippen molar-refractivity contribution in [2.75, 3.05) is 6.61 Å². The van der Waals surface area contributed by atoms with Crippen molar-refractivity contribution in [1.82, 2.24) is 4.72 Å². The van der Waals surface area contributed by atoms with Crippen LogP contribution >= 0.6 is 0 Å². The van der Waals surface area contributed by atoms with Crippen LogP contribution in [0.4, 0.5) is 4.39 Å². The van der Waals surface area contributed by atoms with Crippen LogP contribution in [0.1, 0.15) is 5.56 Å². The summed E-state index contributed by atoms with van der Waals surface area (Å²) in [6, 6.07) is 10.9. The topological polar surface area (TPSA) is 92.7 Å². The van der Waals surface area contributed by atoms with Crippen LogP contribution in [0.3, 0.4) is 0 Å². The van der Waals surface area contributed by atoms with E-state index in [0.29, 0.717) is 11.3 Å². The monoisotopic (exact) mass is 339 g/mol. The summed E-state index contributed by atoms with van der Waals surface area (Å²) in [5.74, 6) is -1.30. The Kier molecular flexibility index (Phi) is 5.30. The van der Waals surface area contributed by atoms with Gasteiger partial charge in [-0.1, -0.05) is 12.1 Å². The number of ether oxygens (including phenoxy) is 1. The van der Waals surface area contributed by atoms with E-state index in [1.165, 1.54) is 18.2 Å². The summed E-state index contributed by atoms with van der Waals surface area (Å²) in [7, 11) is -3.77. The Bertz CT molecular complexity index is 790. The molecule has 0 spiro atoms. The fourth-order valence-electron chi connectivity index (χ4n) is 1.77. The van der Waals surface area contributed by atoms with Crippen molar-refractivity contribution in [3.05, 3.63) is 59.9 Å². The van der Waals surface area contributed by atoms with Crippen LogP contribution in [0.25, 0.3) is 0 Å². The van der Waals surface area contributed by atoms with Gasteiger partial charge in [0.15, 0.2) is 6.61 Å². The van der Waals surface area contributed by atoms with Gasteiger partial charge in [-0.05, 0) is 42.0 Å². The summed E-state index contributed by atoms with van der Waals surface area (Å²) in [6.45, 7) is -0.491. The lowest BCUT2D eigenvalue weighted by Crippen LogP contribution is -2.23. The third kappa shape index (κ3) is 5.04. The van der Waals surface area contributed by atoms with Crippen molar-refractivity contribution >= 4 is 16.0 Å². The molecule has 0 aliphatic carbocycles. The summed E-state index contributed by atoms with van der Waals surface area (Å²) < 4.78 is 44.4. The Morgan fingerprint density at radius 3 is 2.52 bits per heavy atom. The molecule has 0 heterocycles. The molecule has 2 N–H and O–H groups in total. The number of hydrogen-bond acceptors (Lipinski definition) is 4. The molecule has 0 amide bonds. The highest BCUT2D eigenvalue weighted by Crippen LogP contribution is 2.15. The standard InChI is InChI=1S/C15H14FNO5S/c16-12-4-6-14(7-5-12)23(20,21)17-9-11-2-1-3-13(8-11)22-10-15(18)19/h1-8,17H,9-10H2,(H,18,19).